The fourth-order valence-electron chi connectivity index (χ4n) is 8.53. The van der Waals surface area contributed by atoms with Gasteiger partial charge in [0.15, 0.2) is 0 Å². The predicted molar refractivity (Wildman–Crippen MR) is 220 cm³/mol. The van der Waals surface area contributed by atoms with Crippen LogP contribution in [0, 0.1) is 6.92 Å². The van der Waals surface area contributed by atoms with Crippen LogP contribution in [0.15, 0.2) is 121 Å². The number of anilines is 4. The number of imidazole rings is 1. The van der Waals surface area contributed by atoms with E-state index in [1.807, 2.05) is 6.20 Å². The van der Waals surface area contributed by atoms with E-state index in [9.17, 15) is 0 Å². The summed E-state index contributed by atoms with van der Waals surface area (Å²) in [5.74, 6) is 2.18. The highest BCUT2D eigenvalue weighted by molar-refractivity contribution is 6.09. The summed E-state index contributed by atoms with van der Waals surface area (Å²) in [4.78, 5) is 15.0. The molecule has 5 heterocycles. The third-order valence-electron chi connectivity index (χ3n) is 11.4. The Hall–Kier alpha value is -5.88. The Morgan fingerprint density at radius 1 is 0.660 bits per heavy atom. The van der Waals surface area contributed by atoms with E-state index in [0.717, 1.165) is 37.4 Å². The highest BCUT2D eigenvalue weighted by Gasteiger charge is 2.30. The van der Waals surface area contributed by atoms with Crippen molar-refractivity contribution < 1.29 is 0 Å². The Balaban J connectivity index is 1.04. The SMILES string of the molecule is Cc1ccc(N2CN(c3cccc(Cc4ccc5c6ccccc6n(-c6cc(C(C)(C)C)ccn6)c5c4)c3)c3cc4nc5n(c4cc32)CCCC5)cc1. The number of benzene rings is 5. The third kappa shape index (κ3) is 5.38. The first-order valence-corrected chi connectivity index (χ1v) is 19.0. The number of hydrogen-bond donors (Lipinski definition) is 0. The van der Waals surface area contributed by atoms with Crippen molar-refractivity contribution in [2.24, 2.45) is 0 Å². The quantitative estimate of drug-likeness (QED) is 0.180. The van der Waals surface area contributed by atoms with Gasteiger partial charge in [0.05, 0.1) is 33.4 Å². The molecule has 0 amide bonds. The van der Waals surface area contributed by atoms with Gasteiger partial charge >= 0.3 is 0 Å². The molecule has 0 bridgehead atoms. The van der Waals surface area contributed by atoms with Crippen molar-refractivity contribution in [1.29, 1.82) is 0 Å². The summed E-state index contributed by atoms with van der Waals surface area (Å²) in [5, 5.41) is 2.50. The van der Waals surface area contributed by atoms with Crippen LogP contribution in [0.4, 0.5) is 22.7 Å². The van der Waals surface area contributed by atoms with Crippen LogP contribution in [0.25, 0.3) is 38.7 Å². The number of hydrogen-bond acceptors (Lipinski definition) is 4. The predicted octanol–water partition coefficient (Wildman–Crippen LogP) is 11.3. The summed E-state index contributed by atoms with van der Waals surface area (Å²) in [6.45, 7) is 10.7. The van der Waals surface area contributed by atoms with Crippen LogP contribution >= 0.6 is 0 Å². The number of aromatic nitrogens is 4. The van der Waals surface area contributed by atoms with Crippen molar-refractivity contribution in [2.75, 3.05) is 16.5 Å². The van der Waals surface area contributed by atoms with Crippen LogP contribution in [0.5, 0.6) is 0 Å². The minimum absolute atomic E-state index is 0.0315. The van der Waals surface area contributed by atoms with Gasteiger partial charge in [-0.1, -0.05) is 80.9 Å². The smallest absolute Gasteiger partial charge is 0.137 e. The molecule has 0 saturated carbocycles. The van der Waals surface area contributed by atoms with Gasteiger partial charge < -0.3 is 14.4 Å². The van der Waals surface area contributed by atoms with E-state index in [0.29, 0.717) is 0 Å². The molecule has 6 nitrogen and oxygen atoms in total. The monoisotopic (exact) mass is 692 g/mol. The summed E-state index contributed by atoms with van der Waals surface area (Å²) in [7, 11) is 0. The van der Waals surface area contributed by atoms with E-state index in [1.165, 1.54) is 91.0 Å². The number of rotatable bonds is 5. The van der Waals surface area contributed by atoms with E-state index in [1.54, 1.807) is 0 Å². The van der Waals surface area contributed by atoms with Gasteiger partial charge in [-0.3, -0.25) is 4.57 Å². The van der Waals surface area contributed by atoms with E-state index < -0.39 is 0 Å². The lowest BCUT2D eigenvalue weighted by Gasteiger charge is -2.22. The first-order chi connectivity index (χ1) is 25.8. The number of fused-ring (bicyclic) bond motifs is 7. The average Bonchev–Trinajstić information content (AvgIpc) is 3.83. The van der Waals surface area contributed by atoms with Crippen LogP contribution in [-0.2, 0) is 24.8 Å². The average molecular weight is 693 g/mol. The Kier molecular flexibility index (Phi) is 7.26. The van der Waals surface area contributed by atoms with Gasteiger partial charge in [-0.05, 0) is 109 Å². The fourth-order valence-corrected chi connectivity index (χ4v) is 8.53. The molecule has 0 aliphatic carbocycles. The maximum Gasteiger partial charge on any atom is 0.137 e. The van der Waals surface area contributed by atoms with Crippen molar-refractivity contribution in [3.05, 3.63) is 150 Å². The summed E-state index contributed by atoms with van der Waals surface area (Å²) in [6, 6.07) is 42.8. The van der Waals surface area contributed by atoms with Crippen molar-refractivity contribution in [2.45, 2.75) is 65.3 Å². The number of nitrogens with zero attached hydrogens (tertiary/aromatic N) is 6. The molecule has 0 fully saturated rings. The first kappa shape index (κ1) is 31.8. The molecule has 0 saturated heterocycles. The van der Waals surface area contributed by atoms with Gasteiger partial charge in [0, 0.05) is 41.3 Å². The zero-order chi connectivity index (χ0) is 35.8. The zero-order valence-corrected chi connectivity index (χ0v) is 31.0. The van der Waals surface area contributed by atoms with Crippen LogP contribution in [0.1, 0.15) is 61.7 Å². The van der Waals surface area contributed by atoms with Crippen molar-refractivity contribution >= 4 is 55.6 Å². The van der Waals surface area contributed by atoms with Gasteiger partial charge in [0.1, 0.15) is 18.3 Å². The van der Waals surface area contributed by atoms with Crippen LogP contribution < -0.4 is 9.80 Å². The highest BCUT2D eigenvalue weighted by Crippen LogP contribution is 2.47. The molecule has 262 valence electrons. The minimum Gasteiger partial charge on any atom is -0.328 e. The molecule has 0 spiro atoms. The molecule has 2 aliphatic rings. The van der Waals surface area contributed by atoms with Gasteiger partial charge in [-0.15, -0.1) is 0 Å². The summed E-state index contributed by atoms with van der Waals surface area (Å²) >= 11 is 0. The standard InChI is InChI=1S/C47H44N6/c1-31-15-18-35(19-16-31)51-30-52(43-28-39-42(29-44(43)51)50-23-8-7-14-45(50)49-39)36-11-9-10-32(25-36)24-33-17-20-38-37-12-5-6-13-40(37)53(41(38)26-33)46-27-34(21-22-48-46)47(2,3)4/h5-6,9-13,15-22,25-29H,7-8,14,23-24,30H2,1-4H3. The second-order valence-corrected chi connectivity index (χ2v) is 16.0. The summed E-state index contributed by atoms with van der Waals surface area (Å²) in [6.07, 6.45) is 6.27. The van der Waals surface area contributed by atoms with Crippen LogP contribution in [-0.4, -0.2) is 25.8 Å². The molecule has 0 N–H and O–H groups in total. The maximum atomic E-state index is 5.14. The molecule has 5 aromatic carbocycles. The molecule has 0 unspecified atom stereocenters. The van der Waals surface area contributed by atoms with E-state index in [2.05, 4.69) is 162 Å². The molecule has 0 radical (unpaired) electrons. The lowest BCUT2D eigenvalue weighted by molar-refractivity contribution is 0.533. The van der Waals surface area contributed by atoms with Crippen molar-refractivity contribution in [3.8, 4) is 5.82 Å². The number of para-hydroxylation sites is 1. The van der Waals surface area contributed by atoms with Crippen molar-refractivity contribution in [3.63, 3.8) is 0 Å². The Morgan fingerprint density at radius 3 is 2.32 bits per heavy atom. The lowest BCUT2D eigenvalue weighted by atomic mass is 9.88. The molecule has 53 heavy (non-hydrogen) atoms. The summed E-state index contributed by atoms with van der Waals surface area (Å²) < 4.78 is 4.79. The third-order valence-corrected chi connectivity index (χ3v) is 11.4. The second kappa shape index (κ2) is 12.1. The molecule has 6 heteroatoms. The molecular formula is C47H44N6. The second-order valence-electron chi connectivity index (χ2n) is 16.0. The Bertz CT molecular complexity index is 2690. The molecule has 10 rings (SSSR count). The van der Waals surface area contributed by atoms with E-state index in [4.69, 9.17) is 9.97 Å². The summed E-state index contributed by atoms with van der Waals surface area (Å²) in [5.41, 5.74) is 14.7. The Labute approximate surface area is 311 Å². The van der Waals surface area contributed by atoms with Gasteiger partial charge in [-0.2, -0.15) is 0 Å². The normalized spacial score (nSPS) is 14.4. The van der Waals surface area contributed by atoms with Gasteiger partial charge in [-0.25, -0.2) is 9.97 Å². The maximum absolute atomic E-state index is 5.14. The molecule has 8 aromatic rings. The largest absolute Gasteiger partial charge is 0.328 e. The molecule has 0 atom stereocenters. The number of aryl methyl sites for hydroxylation is 3. The van der Waals surface area contributed by atoms with E-state index in [-0.39, 0.29) is 5.41 Å². The zero-order valence-electron chi connectivity index (χ0n) is 31.0. The first-order valence-electron chi connectivity index (χ1n) is 19.0. The molecular weight excluding hydrogens is 649 g/mol. The minimum atomic E-state index is 0.0315. The van der Waals surface area contributed by atoms with Gasteiger partial charge in [0.2, 0.25) is 0 Å². The Morgan fingerprint density at radius 2 is 1.45 bits per heavy atom. The topological polar surface area (TPSA) is 42.1 Å². The van der Waals surface area contributed by atoms with E-state index >= 15 is 0 Å². The van der Waals surface area contributed by atoms with Crippen LogP contribution in [0.3, 0.4) is 0 Å². The van der Waals surface area contributed by atoms with Crippen LogP contribution in [0.2, 0.25) is 0 Å². The molecule has 2 aliphatic heterocycles. The number of pyridine rings is 1. The lowest BCUT2D eigenvalue weighted by Crippen LogP contribution is -2.24. The van der Waals surface area contributed by atoms with Gasteiger partial charge in [0.25, 0.3) is 0 Å². The highest BCUT2D eigenvalue weighted by atomic mass is 15.4. The molecule has 3 aromatic heterocycles. The fraction of sp³-hybridized carbons (Fsp3) is 0.234. The van der Waals surface area contributed by atoms with Crippen molar-refractivity contribution in [1.82, 2.24) is 19.1 Å².